The van der Waals surface area contributed by atoms with Crippen molar-refractivity contribution in [2.45, 2.75) is 44.4 Å². The maximum atomic E-state index is 13.7. The highest BCUT2D eigenvalue weighted by molar-refractivity contribution is 5.88. The van der Waals surface area contributed by atoms with Crippen LogP contribution in [0.3, 0.4) is 0 Å². The van der Waals surface area contributed by atoms with Gasteiger partial charge >= 0.3 is 5.97 Å². The first-order valence-corrected chi connectivity index (χ1v) is 11.0. The Balaban J connectivity index is 1.99. The third-order valence-electron chi connectivity index (χ3n) is 6.33. The number of para-hydroxylation sites is 1. The molecule has 7 heteroatoms. The number of carbonyl (C=O) groups is 1. The second kappa shape index (κ2) is 8.43. The predicted molar refractivity (Wildman–Crippen MR) is 127 cm³/mol. The lowest BCUT2D eigenvalue weighted by atomic mass is 9.70. The number of rotatable bonds is 4. The summed E-state index contributed by atoms with van der Waals surface area (Å²) in [7, 11) is 3.05. The van der Waals surface area contributed by atoms with Crippen molar-refractivity contribution in [1.29, 1.82) is 10.5 Å². The number of ether oxygens (including phenoxy) is 3. The quantitative estimate of drug-likeness (QED) is 0.626. The highest BCUT2D eigenvalue weighted by Crippen LogP contribution is 2.56. The molecule has 2 aromatic rings. The lowest BCUT2D eigenvalue weighted by Crippen LogP contribution is -2.46. The minimum absolute atomic E-state index is 0.452. The first-order chi connectivity index (χ1) is 16.2. The zero-order valence-corrected chi connectivity index (χ0v) is 19.9. The van der Waals surface area contributed by atoms with Crippen LogP contribution in [0.1, 0.15) is 37.8 Å². The van der Waals surface area contributed by atoms with Crippen molar-refractivity contribution in [3.63, 3.8) is 0 Å². The zero-order chi connectivity index (χ0) is 24.7. The first kappa shape index (κ1) is 23.2. The normalized spacial score (nSPS) is 22.1. The summed E-state index contributed by atoms with van der Waals surface area (Å²) in [6.45, 7) is 5.40. The predicted octanol–water partition coefficient (Wildman–Crippen LogP) is 4.45. The molecule has 0 amide bonds. The molecular weight excluding hydrogens is 430 g/mol. The zero-order valence-electron chi connectivity index (χ0n) is 19.9. The third-order valence-corrected chi connectivity index (χ3v) is 6.33. The Hall–Kier alpha value is -3.97. The van der Waals surface area contributed by atoms with Crippen LogP contribution in [0.4, 0.5) is 5.69 Å². The molecular formula is C27H27N3O4. The van der Waals surface area contributed by atoms with Gasteiger partial charge in [0.05, 0.1) is 32.4 Å². The molecule has 0 unspecified atom stereocenters. The molecule has 4 rings (SSSR count). The summed E-state index contributed by atoms with van der Waals surface area (Å²) in [5.41, 5.74) is 0.0148. The molecule has 1 saturated heterocycles. The summed E-state index contributed by atoms with van der Waals surface area (Å²) in [5.74, 6) is -0.332. The van der Waals surface area contributed by atoms with Crippen LogP contribution in [0.2, 0.25) is 0 Å². The van der Waals surface area contributed by atoms with Gasteiger partial charge < -0.3 is 19.1 Å². The number of hydrogen-bond donors (Lipinski definition) is 0. The number of nitrogens with zero attached hydrogens (tertiary/aromatic N) is 3. The number of esters is 1. The molecule has 2 aliphatic rings. The topological polar surface area (TPSA) is 95.6 Å². The number of fused-ring (bicyclic) bond motifs is 3. The van der Waals surface area contributed by atoms with E-state index in [1.165, 1.54) is 14.2 Å². The van der Waals surface area contributed by atoms with Gasteiger partial charge in [-0.15, -0.1) is 0 Å². The first-order valence-electron chi connectivity index (χ1n) is 11.0. The molecule has 0 aromatic heterocycles. The van der Waals surface area contributed by atoms with Crippen LogP contribution in [0.15, 0.2) is 48.5 Å². The minimum atomic E-state index is -1.55. The van der Waals surface area contributed by atoms with Crippen LogP contribution in [0.25, 0.3) is 6.08 Å². The Morgan fingerprint density at radius 3 is 2.32 bits per heavy atom. The molecule has 0 spiro atoms. The molecule has 0 N–H and O–H groups in total. The summed E-state index contributed by atoms with van der Waals surface area (Å²) in [6, 6.07) is 15.9. The Labute approximate surface area is 199 Å². The van der Waals surface area contributed by atoms with Crippen molar-refractivity contribution in [2.24, 2.45) is 5.41 Å². The van der Waals surface area contributed by atoms with Gasteiger partial charge in [-0.25, -0.2) is 4.79 Å². The van der Waals surface area contributed by atoms with E-state index >= 15 is 0 Å². The molecule has 0 saturated carbocycles. The fourth-order valence-corrected chi connectivity index (χ4v) is 4.99. The largest absolute Gasteiger partial charge is 0.493 e. The van der Waals surface area contributed by atoms with Gasteiger partial charge in [0.15, 0.2) is 16.9 Å². The minimum Gasteiger partial charge on any atom is -0.493 e. The third kappa shape index (κ3) is 3.54. The molecule has 3 atom stereocenters. The van der Waals surface area contributed by atoms with Crippen molar-refractivity contribution >= 4 is 17.7 Å². The molecule has 34 heavy (non-hydrogen) atoms. The second-order valence-electron chi connectivity index (χ2n) is 9.43. The van der Waals surface area contributed by atoms with Gasteiger partial charge in [0.25, 0.3) is 0 Å². The van der Waals surface area contributed by atoms with Crippen molar-refractivity contribution in [3.8, 4) is 23.6 Å². The Morgan fingerprint density at radius 2 is 1.71 bits per heavy atom. The van der Waals surface area contributed by atoms with Crippen molar-refractivity contribution in [2.75, 3.05) is 19.1 Å². The molecule has 2 aromatic carbocycles. The second-order valence-corrected chi connectivity index (χ2v) is 9.43. The van der Waals surface area contributed by atoms with Crippen LogP contribution < -0.4 is 14.4 Å². The van der Waals surface area contributed by atoms with Gasteiger partial charge in [-0.3, -0.25) is 0 Å². The molecule has 7 nitrogen and oxygen atoms in total. The van der Waals surface area contributed by atoms with E-state index in [2.05, 4.69) is 12.1 Å². The van der Waals surface area contributed by atoms with E-state index in [1.54, 1.807) is 39.0 Å². The Bertz CT molecular complexity index is 1220. The number of benzene rings is 2. The number of nitriles is 2. The number of hydrogen-bond acceptors (Lipinski definition) is 7. The summed E-state index contributed by atoms with van der Waals surface area (Å²) in [6.07, 6.45) is 3.75. The van der Waals surface area contributed by atoms with Crippen LogP contribution in [0, 0.1) is 28.1 Å². The van der Waals surface area contributed by atoms with Crippen LogP contribution in [-0.2, 0) is 9.53 Å². The molecule has 2 heterocycles. The Kier molecular flexibility index (Phi) is 5.75. The van der Waals surface area contributed by atoms with E-state index in [9.17, 15) is 15.3 Å². The Morgan fingerprint density at radius 1 is 1.03 bits per heavy atom. The van der Waals surface area contributed by atoms with Gasteiger partial charge in [0.1, 0.15) is 11.6 Å². The number of methoxy groups -OCH3 is 2. The molecule has 1 fully saturated rings. The maximum Gasteiger partial charge on any atom is 0.330 e. The van der Waals surface area contributed by atoms with Gasteiger partial charge in [-0.2, -0.15) is 10.5 Å². The lowest BCUT2D eigenvalue weighted by molar-refractivity contribution is -0.156. The molecule has 0 radical (unpaired) electrons. The maximum absolute atomic E-state index is 13.7. The van der Waals surface area contributed by atoms with Crippen LogP contribution in [-0.4, -0.2) is 37.9 Å². The van der Waals surface area contributed by atoms with Crippen molar-refractivity contribution in [1.82, 2.24) is 0 Å². The van der Waals surface area contributed by atoms with Crippen LogP contribution in [0.5, 0.6) is 11.5 Å². The number of carbonyl (C=O) groups excluding carboxylic acids is 1. The van der Waals surface area contributed by atoms with Crippen molar-refractivity contribution in [3.05, 3.63) is 59.7 Å². The van der Waals surface area contributed by atoms with Gasteiger partial charge in [0.2, 0.25) is 0 Å². The lowest BCUT2D eigenvalue weighted by Gasteiger charge is -2.36. The molecule has 0 aliphatic carbocycles. The fraction of sp³-hybridized carbons (Fsp3) is 0.370. The van der Waals surface area contributed by atoms with Crippen LogP contribution >= 0.6 is 0 Å². The van der Waals surface area contributed by atoms with Gasteiger partial charge in [0, 0.05) is 11.6 Å². The average molecular weight is 458 g/mol. The van der Waals surface area contributed by atoms with E-state index in [0.29, 0.717) is 17.1 Å². The fourth-order valence-electron chi connectivity index (χ4n) is 4.99. The van der Waals surface area contributed by atoms with E-state index in [0.717, 1.165) is 11.3 Å². The summed E-state index contributed by atoms with van der Waals surface area (Å²) in [5, 5.41) is 20.9. The van der Waals surface area contributed by atoms with Gasteiger partial charge in [-0.1, -0.05) is 36.4 Å². The monoisotopic (exact) mass is 457 g/mol. The van der Waals surface area contributed by atoms with E-state index < -0.39 is 35.0 Å². The van der Waals surface area contributed by atoms with E-state index in [4.69, 9.17) is 14.2 Å². The summed E-state index contributed by atoms with van der Waals surface area (Å²) < 4.78 is 16.7. The molecule has 2 aliphatic heterocycles. The summed E-state index contributed by atoms with van der Waals surface area (Å²) >= 11 is 0. The number of anilines is 1. The standard InChI is InChI=1S/C27H27N3O4/c1-26(2,3)34-25(31)24-23(18-10-12-20(32-4)21(14-18)33-5)27(15-28,16-29)22-13-11-17-8-6-7-9-19(17)30(22)24/h6-14,22-24H,1-5H3/t22-,23+,24-/m0/s1. The van der Waals surface area contributed by atoms with Crippen molar-refractivity contribution < 1.29 is 19.0 Å². The van der Waals surface area contributed by atoms with E-state index in [1.807, 2.05) is 41.3 Å². The molecule has 174 valence electrons. The average Bonchev–Trinajstić information content (AvgIpc) is 3.13. The SMILES string of the molecule is COc1ccc([C@@H]2[C@@H](C(=O)OC(C)(C)C)N3c4ccccc4C=C[C@H]3C2(C#N)C#N)cc1OC. The van der Waals surface area contributed by atoms with Gasteiger partial charge in [-0.05, 0) is 50.1 Å². The highest BCUT2D eigenvalue weighted by Gasteiger charge is 2.64. The highest BCUT2D eigenvalue weighted by atomic mass is 16.6. The smallest absolute Gasteiger partial charge is 0.330 e. The molecule has 0 bridgehead atoms. The van der Waals surface area contributed by atoms with E-state index in [-0.39, 0.29) is 0 Å². The summed E-state index contributed by atoms with van der Waals surface area (Å²) in [4.78, 5) is 15.6.